The van der Waals surface area contributed by atoms with Crippen LogP contribution in [0.5, 0.6) is 0 Å². The maximum atomic E-state index is 12.5. The van der Waals surface area contributed by atoms with Crippen LogP contribution in [-0.2, 0) is 14.8 Å². The van der Waals surface area contributed by atoms with Crippen molar-refractivity contribution in [3.63, 3.8) is 0 Å². The van der Waals surface area contributed by atoms with Crippen LogP contribution in [0.4, 0.5) is 0 Å². The van der Waals surface area contributed by atoms with Crippen LogP contribution in [0.15, 0.2) is 23.1 Å². The van der Waals surface area contributed by atoms with E-state index in [4.69, 9.17) is 10.00 Å². The minimum Gasteiger partial charge on any atom is -0.381 e. The molecule has 1 aromatic carbocycles. The molecule has 1 fully saturated rings. The number of hydrogen-bond donors (Lipinski definition) is 1. The van der Waals surface area contributed by atoms with Gasteiger partial charge in [-0.25, -0.2) is 13.1 Å². The first-order valence-corrected chi connectivity index (χ1v) is 8.53. The molecular formula is C15H20N2O3S. The van der Waals surface area contributed by atoms with E-state index in [2.05, 4.69) is 4.72 Å². The third kappa shape index (κ3) is 3.82. The number of sulfonamides is 1. The molecule has 1 saturated heterocycles. The third-order valence-corrected chi connectivity index (χ3v) is 5.62. The summed E-state index contributed by atoms with van der Waals surface area (Å²) in [6, 6.07) is 6.53. The van der Waals surface area contributed by atoms with Crippen LogP contribution in [0.2, 0.25) is 0 Å². The van der Waals surface area contributed by atoms with Gasteiger partial charge in [0, 0.05) is 19.3 Å². The zero-order valence-electron chi connectivity index (χ0n) is 12.3. The van der Waals surface area contributed by atoms with Gasteiger partial charge < -0.3 is 4.74 Å². The lowest BCUT2D eigenvalue weighted by Gasteiger charge is -2.28. The Morgan fingerprint density at radius 1 is 1.38 bits per heavy atom. The van der Waals surface area contributed by atoms with Gasteiger partial charge in [0.1, 0.15) is 0 Å². The first-order chi connectivity index (χ1) is 9.94. The Morgan fingerprint density at radius 3 is 2.67 bits per heavy atom. The molecule has 0 saturated carbocycles. The SMILES string of the molecule is Cc1ccc(C#N)cc1S(=O)(=O)NC(C)C1CCOCC1. The van der Waals surface area contributed by atoms with Crippen molar-refractivity contribution in [1.82, 2.24) is 4.72 Å². The maximum Gasteiger partial charge on any atom is 0.241 e. The molecule has 1 heterocycles. The van der Waals surface area contributed by atoms with E-state index in [1.165, 1.54) is 6.07 Å². The van der Waals surface area contributed by atoms with Crippen LogP contribution < -0.4 is 4.72 Å². The molecule has 5 nitrogen and oxygen atoms in total. The summed E-state index contributed by atoms with van der Waals surface area (Å²) in [5, 5.41) is 8.93. The topological polar surface area (TPSA) is 79.2 Å². The summed E-state index contributed by atoms with van der Waals surface area (Å²) >= 11 is 0. The van der Waals surface area contributed by atoms with Crippen molar-refractivity contribution in [2.45, 2.75) is 37.6 Å². The number of nitrogens with one attached hydrogen (secondary N) is 1. The zero-order chi connectivity index (χ0) is 15.5. The minimum absolute atomic E-state index is 0.149. The van der Waals surface area contributed by atoms with E-state index < -0.39 is 10.0 Å². The van der Waals surface area contributed by atoms with Gasteiger partial charge in [-0.05, 0) is 50.3 Å². The molecule has 1 aliphatic heterocycles. The highest BCUT2D eigenvalue weighted by molar-refractivity contribution is 7.89. The number of aryl methyl sites for hydroxylation is 1. The summed E-state index contributed by atoms with van der Waals surface area (Å²) in [5.41, 5.74) is 0.986. The first-order valence-electron chi connectivity index (χ1n) is 7.05. The van der Waals surface area contributed by atoms with Gasteiger partial charge in [-0.15, -0.1) is 0 Å². The number of nitrogens with zero attached hydrogens (tertiary/aromatic N) is 1. The van der Waals surface area contributed by atoms with Crippen LogP contribution in [0, 0.1) is 24.2 Å². The van der Waals surface area contributed by atoms with Crippen molar-refractivity contribution in [1.29, 1.82) is 5.26 Å². The molecule has 0 aromatic heterocycles. The first kappa shape index (κ1) is 16.0. The van der Waals surface area contributed by atoms with Gasteiger partial charge in [0.15, 0.2) is 0 Å². The van der Waals surface area contributed by atoms with Crippen molar-refractivity contribution in [2.24, 2.45) is 5.92 Å². The van der Waals surface area contributed by atoms with E-state index in [1.54, 1.807) is 19.1 Å². The van der Waals surface area contributed by atoms with Crippen LogP contribution in [0.3, 0.4) is 0 Å². The highest BCUT2D eigenvalue weighted by Crippen LogP contribution is 2.22. The van der Waals surface area contributed by atoms with Crippen LogP contribution in [0.1, 0.15) is 30.9 Å². The number of rotatable bonds is 4. The highest BCUT2D eigenvalue weighted by Gasteiger charge is 2.26. The monoisotopic (exact) mass is 308 g/mol. The normalized spacial score (nSPS) is 18.1. The lowest BCUT2D eigenvalue weighted by molar-refractivity contribution is 0.0585. The van der Waals surface area contributed by atoms with E-state index in [0.29, 0.717) is 24.3 Å². The molecule has 0 radical (unpaired) electrons. The number of hydrogen-bond acceptors (Lipinski definition) is 4. The molecule has 0 bridgehead atoms. The van der Waals surface area contributed by atoms with Crippen LogP contribution in [-0.4, -0.2) is 27.7 Å². The van der Waals surface area contributed by atoms with Crippen molar-refractivity contribution >= 4 is 10.0 Å². The van der Waals surface area contributed by atoms with Crippen molar-refractivity contribution in [3.05, 3.63) is 29.3 Å². The van der Waals surface area contributed by atoms with Gasteiger partial charge in [-0.1, -0.05) is 6.07 Å². The molecule has 1 N–H and O–H groups in total. The Labute approximate surface area is 126 Å². The lowest BCUT2D eigenvalue weighted by atomic mass is 9.94. The van der Waals surface area contributed by atoms with Crippen LogP contribution in [0.25, 0.3) is 0 Å². The largest absolute Gasteiger partial charge is 0.381 e. The van der Waals surface area contributed by atoms with Crippen molar-refractivity contribution in [3.8, 4) is 6.07 Å². The average molecular weight is 308 g/mol. The third-order valence-electron chi connectivity index (χ3n) is 3.92. The highest BCUT2D eigenvalue weighted by atomic mass is 32.2. The summed E-state index contributed by atoms with van der Waals surface area (Å²) in [4.78, 5) is 0.181. The van der Waals surface area contributed by atoms with Gasteiger partial charge in [0.25, 0.3) is 0 Å². The Kier molecular flexibility index (Phi) is 4.99. The maximum absolute atomic E-state index is 12.5. The fourth-order valence-electron chi connectivity index (χ4n) is 2.58. The Bertz CT molecular complexity index is 643. The van der Waals surface area contributed by atoms with E-state index in [0.717, 1.165) is 12.8 Å². The van der Waals surface area contributed by atoms with Crippen molar-refractivity contribution < 1.29 is 13.2 Å². The molecule has 0 spiro atoms. The lowest BCUT2D eigenvalue weighted by Crippen LogP contribution is -2.40. The van der Waals surface area contributed by atoms with Gasteiger partial charge >= 0.3 is 0 Å². The summed E-state index contributed by atoms with van der Waals surface area (Å²) in [7, 11) is -3.61. The van der Waals surface area contributed by atoms with Gasteiger partial charge in [0.05, 0.1) is 16.5 Å². The molecule has 0 aliphatic carbocycles. The Morgan fingerprint density at radius 2 is 2.05 bits per heavy atom. The molecule has 0 amide bonds. The second kappa shape index (κ2) is 6.56. The Balaban J connectivity index is 2.20. The van der Waals surface area contributed by atoms with Gasteiger partial charge in [-0.3, -0.25) is 0 Å². The minimum atomic E-state index is -3.61. The number of ether oxygens (including phenoxy) is 1. The summed E-state index contributed by atoms with van der Waals surface area (Å²) < 4.78 is 33.1. The molecule has 1 aliphatic rings. The predicted molar refractivity (Wildman–Crippen MR) is 79.2 cm³/mol. The molecule has 2 rings (SSSR count). The fourth-order valence-corrected chi connectivity index (χ4v) is 4.16. The molecule has 21 heavy (non-hydrogen) atoms. The molecule has 1 aromatic rings. The molecular weight excluding hydrogens is 288 g/mol. The molecule has 1 atom stereocenters. The summed E-state index contributed by atoms with van der Waals surface area (Å²) in [5.74, 6) is 0.285. The van der Waals surface area contributed by atoms with Gasteiger partial charge in [-0.2, -0.15) is 5.26 Å². The quantitative estimate of drug-likeness (QED) is 0.922. The van der Waals surface area contributed by atoms with E-state index in [9.17, 15) is 8.42 Å². The number of nitriles is 1. The van der Waals surface area contributed by atoms with Crippen LogP contribution >= 0.6 is 0 Å². The standard InChI is InChI=1S/C15H20N2O3S/c1-11-3-4-13(10-16)9-15(11)21(18,19)17-12(2)14-5-7-20-8-6-14/h3-4,9,12,14,17H,5-8H2,1-2H3. The zero-order valence-corrected chi connectivity index (χ0v) is 13.1. The summed E-state index contributed by atoms with van der Waals surface area (Å²) in [6.07, 6.45) is 1.72. The predicted octanol–water partition coefficient (Wildman–Crippen LogP) is 1.96. The Hall–Kier alpha value is -1.42. The van der Waals surface area contributed by atoms with E-state index in [1.807, 2.05) is 13.0 Å². The fraction of sp³-hybridized carbons (Fsp3) is 0.533. The van der Waals surface area contributed by atoms with E-state index in [-0.39, 0.29) is 16.9 Å². The van der Waals surface area contributed by atoms with Crippen molar-refractivity contribution in [2.75, 3.05) is 13.2 Å². The summed E-state index contributed by atoms with van der Waals surface area (Å²) in [6.45, 7) is 4.98. The average Bonchev–Trinajstić information content (AvgIpc) is 2.48. The molecule has 1 unspecified atom stereocenters. The second-order valence-corrected chi connectivity index (χ2v) is 7.13. The second-order valence-electron chi connectivity index (χ2n) is 5.45. The smallest absolute Gasteiger partial charge is 0.241 e. The molecule has 6 heteroatoms. The number of benzene rings is 1. The van der Waals surface area contributed by atoms with E-state index >= 15 is 0 Å². The van der Waals surface area contributed by atoms with Gasteiger partial charge in [0.2, 0.25) is 10.0 Å². The molecule has 114 valence electrons.